The number of esters is 1. The van der Waals surface area contributed by atoms with Crippen molar-refractivity contribution in [3.63, 3.8) is 0 Å². The van der Waals surface area contributed by atoms with E-state index in [2.05, 4.69) is 0 Å². The van der Waals surface area contributed by atoms with Crippen LogP contribution in [-0.4, -0.2) is 140 Å². The van der Waals surface area contributed by atoms with Gasteiger partial charge in [-0.25, -0.2) is 4.79 Å². The van der Waals surface area contributed by atoms with E-state index in [9.17, 15) is 38.8 Å². The fourth-order valence-corrected chi connectivity index (χ4v) is 12.0. The molecule has 0 aromatic rings. The zero-order chi connectivity index (χ0) is 52.8. The minimum Gasteiger partial charge on any atom is -0.460 e. The molecule has 0 radical (unpaired) electrons. The lowest BCUT2D eigenvalue weighted by Gasteiger charge is -2.42. The fraction of sp³-hybridized carbons (Fsp3) is 0.759. The van der Waals surface area contributed by atoms with Gasteiger partial charge in [0.15, 0.2) is 11.6 Å². The number of Topliss-reactive ketones (excluding diaryl/α,β-unsaturated/α-hetero) is 3. The Balaban J connectivity index is 1.70. The molecule has 71 heavy (non-hydrogen) atoms. The summed E-state index contributed by atoms with van der Waals surface area (Å²) in [7, 11) is 1.21. The molecule has 16 atom stereocenters. The summed E-state index contributed by atoms with van der Waals surface area (Å²) in [6, 6.07) is -1.17. The Bertz CT molecular complexity index is 1980. The normalized spacial score (nSPS) is 36.6. The molecule has 4 aliphatic rings. The molecular formula is C54H86NO15P. The molecule has 0 spiro atoms. The number of allylic oxidation sites excluding steroid dienone is 6. The van der Waals surface area contributed by atoms with E-state index in [1.807, 2.05) is 58.1 Å². The lowest BCUT2D eigenvalue weighted by Crippen LogP contribution is -2.61. The molecule has 1 saturated carbocycles. The first-order valence-electron chi connectivity index (χ1n) is 25.9. The first-order valence-corrected chi connectivity index (χ1v) is 27.9. The number of aliphatic hydroxyl groups excluding tert-OH is 1. The van der Waals surface area contributed by atoms with E-state index in [4.69, 9.17) is 32.7 Å². The highest BCUT2D eigenvalue weighted by Gasteiger charge is 2.53. The van der Waals surface area contributed by atoms with Crippen molar-refractivity contribution in [1.29, 1.82) is 0 Å². The van der Waals surface area contributed by atoms with Gasteiger partial charge in [-0.2, -0.15) is 0 Å². The average molecular weight is 1020 g/mol. The predicted octanol–water partition coefficient (Wildman–Crippen LogP) is 8.06. The van der Waals surface area contributed by atoms with Crippen molar-refractivity contribution in [3.05, 3.63) is 47.6 Å². The number of piperidine rings is 1. The van der Waals surface area contributed by atoms with Crippen molar-refractivity contribution in [3.8, 4) is 0 Å². The molecule has 2 bridgehead atoms. The quantitative estimate of drug-likeness (QED) is 0.120. The summed E-state index contributed by atoms with van der Waals surface area (Å²) in [5.74, 6) is -8.22. The lowest BCUT2D eigenvalue weighted by atomic mass is 9.78. The van der Waals surface area contributed by atoms with Crippen LogP contribution in [0.15, 0.2) is 47.6 Å². The van der Waals surface area contributed by atoms with Crippen LogP contribution in [0.25, 0.3) is 0 Å². The van der Waals surface area contributed by atoms with Crippen molar-refractivity contribution in [2.45, 2.75) is 187 Å². The maximum Gasteiger partial charge on any atom is 0.329 e. The van der Waals surface area contributed by atoms with Gasteiger partial charge >= 0.3 is 13.6 Å². The van der Waals surface area contributed by atoms with E-state index in [0.717, 1.165) is 5.57 Å². The molecular weight excluding hydrogens is 934 g/mol. The highest BCUT2D eigenvalue weighted by atomic mass is 31.2. The molecule has 2 N–H and O–H groups in total. The Kier molecular flexibility index (Phi) is 23.7. The van der Waals surface area contributed by atoms with Gasteiger partial charge in [0.2, 0.25) is 5.79 Å². The first kappa shape index (κ1) is 60.4. The average Bonchev–Trinajstić information content (AvgIpc) is 3.33. The summed E-state index contributed by atoms with van der Waals surface area (Å²) in [5, 5.41) is 23.5. The van der Waals surface area contributed by atoms with Crippen molar-refractivity contribution in [2.24, 2.45) is 35.5 Å². The number of methoxy groups -OCH3 is 3. The molecule has 402 valence electrons. The Morgan fingerprint density at radius 3 is 2.27 bits per heavy atom. The highest BCUT2D eigenvalue weighted by molar-refractivity contribution is 7.53. The SMILES string of the molecule is CCOP(C)(=O)O[C@@H]1CC[C@@H](C[C@@H](C)C2CC(=O)C(C)=CC(C)[C@@H](O)[C@@H](OC)C(=O)[C@H](C)C[C@H](C)C=CC=CC=C(C)[C@@H](OC)C[C@@H]3CC[C@@H](C)[C@@](O)(O3)C(=O)C(=O)N3CCCC[C@H]3C(=O)O2)C[C@H]1OC. The van der Waals surface area contributed by atoms with E-state index in [1.165, 1.54) is 18.7 Å². The third kappa shape index (κ3) is 16.7. The Labute approximate surface area is 423 Å². The van der Waals surface area contributed by atoms with Crippen LogP contribution in [-0.2, 0) is 61.3 Å². The zero-order valence-electron chi connectivity index (χ0n) is 44.5. The van der Waals surface area contributed by atoms with Crippen LogP contribution in [0, 0.1) is 35.5 Å². The summed E-state index contributed by atoms with van der Waals surface area (Å²) < 4.78 is 54.0. The molecule has 1 amide bonds. The minimum atomic E-state index is -3.32. The topological polar surface area (TPSA) is 211 Å². The van der Waals surface area contributed by atoms with Crippen LogP contribution < -0.4 is 0 Å². The fourth-order valence-electron chi connectivity index (χ4n) is 10.8. The second-order valence-electron chi connectivity index (χ2n) is 20.9. The second-order valence-corrected chi connectivity index (χ2v) is 22.9. The number of fused-ring (bicyclic) bond motifs is 3. The molecule has 1 aliphatic carbocycles. The van der Waals surface area contributed by atoms with Crippen LogP contribution in [0.2, 0.25) is 0 Å². The van der Waals surface area contributed by atoms with E-state index in [0.29, 0.717) is 69.8 Å². The maximum absolute atomic E-state index is 14.5. The van der Waals surface area contributed by atoms with Gasteiger partial charge < -0.3 is 47.8 Å². The highest BCUT2D eigenvalue weighted by Crippen LogP contribution is 2.48. The maximum atomic E-state index is 14.5. The van der Waals surface area contributed by atoms with E-state index in [1.54, 1.807) is 48.0 Å². The molecule has 3 aliphatic heterocycles. The largest absolute Gasteiger partial charge is 0.460 e. The van der Waals surface area contributed by atoms with Gasteiger partial charge in [0, 0.05) is 65.1 Å². The van der Waals surface area contributed by atoms with Crippen LogP contribution in [0.5, 0.6) is 0 Å². The molecule has 17 heteroatoms. The number of ether oxygens (including phenoxy) is 5. The van der Waals surface area contributed by atoms with E-state index in [-0.39, 0.29) is 49.4 Å². The number of ketones is 3. The predicted molar refractivity (Wildman–Crippen MR) is 269 cm³/mol. The number of hydrogen-bond acceptors (Lipinski definition) is 15. The molecule has 3 unspecified atom stereocenters. The Hall–Kier alpha value is -3.18. The van der Waals surface area contributed by atoms with Gasteiger partial charge in [-0.15, -0.1) is 0 Å². The molecule has 3 heterocycles. The summed E-state index contributed by atoms with van der Waals surface area (Å²) in [4.78, 5) is 72.3. The van der Waals surface area contributed by atoms with Gasteiger partial charge in [-0.1, -0.05) is 71.1 Å². The molecule has 3 fully saturated rings. The summed E-state index contributed by atoms with van der Waals surface area (Å²) in [5.41, 5.74) is 1.17. The van der Waals surface area contributed by atoms with Gasteiger partial charge in [0.05, 0.1) is 37.1 Å². The third-order valence-electron chi connectivity index (χ3n) is 15.2. The standard InChI is InChI=1S/C54H86NO15P/c1-13-67-71(12,63)70-44-25-23-40(30-47(44)65-10)29-36(5)46-32-43(56)35(4)28-38(7)49(58)50(66-11)48(57)37(6)27-33(2)19-15-14-16-20-34(3)45(64-9)31-41-24-22-39(8)54(62,69-41)51(59)52(60)55-26-18-17-21-42(55)53(61)68-46/h14-16,19-20,28,33,36-42,44-47,49-50,58,62H,13,17-18,21-27,29-32H2,1-12H3/t33-,36-,37-,38?,39-,40+,41+,42+,44-,45+,46?,47-,49-,50+,54-,71?/m1/s1. The number of cyclic esters (lactones) is 1. The van der Waals surface area contributed by atoms with Crippen molar-refractivity contribution < 1.29 is 71.5 Å². The third-order valence-corrected chi connectivity index (χ3v) is 16.5. The number of amides is 1. The number of aliphatic hydroxyl groups is 2. The number of carbonyl (C=O) groups excluding carboxylic acids is 5. The van der Waals surface area contributed by atoms with Gasteiger partial charge in [-0.05, 0) is 114 Å². The van der Waals surface area contributed by atoms with Crippen molar-refractivity contribution in [2.75, 3.05) is 41.1 Å². The van der Waals surface area contributed by atoms with Crippen LogP contribution in [0.4, 0.5) is 0 Å². The molecule has 4 rings (SSSR count). The van der Waals surface area contributed by atoms with Crippen LogP contribution in [0.3, 0.4) is 0 Å². The molecule has 0 aromatic carbocycles. The number of rotatable bonds is 10. The van der Waals surface area contributed by atoms with Gasteiger partial charge in [-0.3, -0.25) is 23.7 Å². The Morgan fingerprint density at radius 1 is 0.887 bits per heavy atom. The second kappa shape index (κ2) is 27.9. The molecule has 0 aromatic heterocycles. The van der Waals surface area contributed by atoms with E-state index < -0.39 is 103 Å². The number of hydrogen-bond donors (Lipinski definition) is 2. The number of carbonyl (C=O) groups is 5. The Morgan fingerprint density at radius 2 is 1.61 bits per heavy atom. The van der Waals surface area contributed by atoms with Crippen LogP contribution >= 0.6 is 7.60 Å². The van der Waals surface area contributed by atoms with Gasteiger partial charge in [0.1, 0.15) is 18.2 Å². The monoisotopic (exact) mass is 1020 g/mol. The number of nitrogens with zero attached hydrogens (tertiary/aromatic N) is 1. The van der Waals surface area contributed by atoms with E-state index >= 15 is 0 Å². The smallest absolute Gasteiger partial charge is 0.329 e. The van der Waals surface area contributed by atoms with Crippen molar-refractivity contribution in [1.82, 2.24) is 4.90 Å². The molecule has 2 saturated heterocycles. The lowest BCUT2D eigenvalue weighted by molar-refractivity contribution is -0.265. The van der Waals surface area contributed by atoms with Gasteiger partial charge in [0.25, 0.3) is 11.7 Å². The first-order chi connectivity index (χ1) is 33.5. The van der Waals surface area contributed by atoms with Crippen molar-refractivity contribution >= 4 is 36.8 Å². The zero-order valence-corrected chi connectivity index (χ0v) is 45.4. The molecule has 16 nitrogen and oxygen atoms in total. The van der Waals surface area contributed by atoms with Crippen LogP contribution in [0.1, 0.15) is 132 Å². The minimum absolute atomic E-state index is 0.00936. The summed E-state index contributed by atoms with van der Waals surface area (Å²) >= 11 is 0. The summed E-state index contributed by atoms with van der Waals surface area (Å²) in [6.45, 7) is 16.1. The summed E-state index contributed by atoms with van der Waals surface area (Å²) in [6.07, 6.45) is 10.9.